The van der Waals surface area contributed by atoms with Crippen LogP contribution >= 0.6 is 0 Å². The first-order valence-corrected chi connectivity index (χ1v) is 11.9. The molecule has 0 bridgehead atoms. The van der Waals surface area contributed by atoms with E-state index in [-0.39, 0.29) is 36.4 Å². The lowest BCUT2D eigenvalue weighted by Gasteiger charge is -2.22. The molecular weight excluding hydrogens is 470 g/mol. The molecule has 0 atom stereocenters. The fraction of sp³-hybridized carbons (Fsp3) is 0.0968. The second-order valence-electron chi connectivity index (χ2n) is 8.54. The van der Waals surface area contributed by atoms with Gasteiger partial charge in [0, 0.05) is 18.3 Å². The number of carbonyl (C=O) groups excluding carboxylic acids is 2. The average Bonchev–Trinajstić information content (AvgIpc) is 2.91. The summed E-state index contributed by atoms with van der Waals surface area (Å²) in [5, 5.41) is 2.82. The summed E-state index contributed by atoms with van der Waals surface area (Å²) in [6.07, 6.45) is 3.39. The quantitative estimate of drug-likeness (QED) is 0.286. The van der Waals surface area contributed by atoms with E-state index >= 15 is 0 Å². The van der Waals surface area contributed by atoms with Gasteiger partial charge in [-0.15, -0.1) is 0 Å². The zero-order valence-electron chi connectivity index (χ0n) is 20.1. The van der Waals surface area contributed by atoms with Crippen LogP contribution < -0.4 is 10.2 Å². The van der Waals surface area contributed by atoms with E-state index in [1.54, 1.807) is 59.5 Å². The number of amides is 2. The van der Waals surface area contributed by atoms with Gasteiger partial charge in [0.1, 0.15) is 11.6 Å². The molecule has 186 valence electrons. The maximum Gasteiger partial charge on any atom is 0.251 e. The van der Waals surface area contributed by atoms with Gasteiger partial charge in [-0.1, -0.05) is 66.7 Å². The molecule has 4 aromatic rings. The summed E-state index contributed by atoms with van der Waals surface area (Å²) in [6.45, 7) is 0.494. The van der Waals surface area contributed by atoms with E-state index in [9.17, 15) is 18.4 Å². The SMILES string of the molecule is O=C(Cc1ccc(N(Cc2cccc(F)c2)C(=O)C=Cc2ccccc2)cc1)NCc1ccc(F)cc1. The molecule has 6 heteroatoms. The van der Waals surface area contributed by atoms with Gasteiger partial charge in [0.05, 0.1) is 13.0 Å². The average molecular weight is 497 g/mol. The van der Waals surface area contributed by atoms with Crippen molar-refractivity contribution < 1.29 is 18.4 Å². The number of nitrogens with one attached hydrogen (secondary N) is 1. The fourth-order valence-corrected chi connectivity index (χ4v) is 3.78. The van der Waals surface area contributed by atoms with Crippen molar-refractivity contribution in [3.63, 3.8) is 0 Å². The summed E-state index contributed by atoms with van der Waals surface area (Å²) < 4.78 is 26.8. The predicted octanol–water partition coefficient (Wildman–Crippen LogP) is 6.07. The number of benzene rings is 4. The third-order valence-corrected chi connectivity index (χ3v) is 5.73. The van der Waals surface area contributed by atoms with E-state index in [2.05, 4.69) is 5.32 Å². The van der Waals surface area contributed by atoms with E-state index < -0.39 is 0 Å². The Labute approximate surface area is 214 Å². The van der Waals surface area contributed by atoms with Gasteiger partial charge in [-0.2, -0.15) is 0 Å². The lowest BCUT2D eigenvalue weighted by Crippen LogP contribution is -2.29. The molecule has 4 aromatic carbocycles. The lowest BCUT2D eigenvalue weighted by molar-refractivity contribution is -0.120. The van der Waals surface area contributed by atoms with Crippen molar-refractivity contribution in [2.75, 3.05) is 4.90 Å². The Morgan fingerprint density at radius 2 is 1.43 bits per heavy atom. The zero-order chi connectivity index (χ0) is 26.0. The van der Waals surface area contributed by atoms with Gasteiger partial charge in [-0.25, -0.2) is 8.78 Å². The third-order valence-electron chi connectivity index (χ3n) is 5.73. The Bertz CT molecular complexity index is 1370. The van der Waals surface area contributed by atoms with Crippen LogP contribution in [-0.2, 0) is 29.1 Å². The van der Waals surface area contributed by atoms with E-state index in [1.165, 1.54) is 30.3 Å². The number of anilines is 1. The highest BCUT2D eigenvalue weighted by molar-refractivity contribution is 6.03. The first-order chi connectivity index (χ1) is 18.0. The van der Waals surface area contributed by atoms with Crippen LogP contribution in [0.15, 0.2) is 109 Å². The Morgan fingerprint density at radius 3 is 2.14 bits per heavy atom. The van der Waals surface area contributed by atoms with Crippen molar-refractivity contribution in [2.24, 2.45) is 0 Å². The molecule has 0 aliphatic rings. The monoisotopic (exact) mass is 496 g/mol. The highest BCUT2D eigenvalue weighted by Crippen LogP contribution is 2.20. The van der Waals surface area contributed by atoms with Crippen LogP contribution in [0.5, 0.6) is 0 Å². The largest absolute Gasteiger partial charge is 0.352 e. The molecule has 0 spiro atoms. The Hall–Kier alpha value is -4.58. The summed E-state index contributed by atoms with van der Waals surface area (Å²) in [6, 6.07) is 28.7. The van der Waals surface area contributed by atoms with Gasteiger partial charge in [-0.3, -0.25) is 9.59 Å². The van der Waals surface area contributed by atoms with Crippen LogP contribution in [0.4, 0.5) is 14.5 Å². The smallest absolute Gasteiger partial charge is 0.251 e. The normalized spacial score (nSPS) is 10.9. The Morgan fingerprint density at radius 1 is 0.730 bits per heavy atom. The Kier molecular flexibility index (Phi) is 8.55. The predicted molar refractivity (Wildman–Crippen MR) is 141 cm³/mol. The molecule has 0 fully saturated rings. The van der Waals surface area contributed by atoms with Gasteiger partial charge in [0.25, 0.3) is 5.91 Å². The lowest BCUT2D eigenvalue weighted by atomic mass is 10.1. The molecule has 0 heterocycles. The van der Waals surface area contributed by atoms with Crippen molar-refractivity contribution in [1.29, 1.82) is 0 Å². The zero-order valence-corrected chi connectivity index (χ0v) is 20.1. The van der Waals surface area contributed by atoms with Crippen LogP contribution in [0.1, 0.15) is 22.3 Å². The molecule has 0 radical (unpaired) electrons. The Balaban J connectivity index is 1.45. The van der Waals surface area contributed by atoms with Crippen molar-refractivity contribution in [1.82, 2.24) is 5.32 Å². The second-order valence-corrected chi connectivity index (χ2v) is 8.54. The molecular formula is C31H26F2N2O2. The number of rotatable bonds is 9. The van der Waals surface area contributed by atoms with Gasteiger partial charge < -0.3 is 10.2 Å². The van der Waals surface area contributed by atoms with Crippen molar-refractivity contribution >= 4 is 23.6 Å². The highest BCUT2D eigenvalue weighted by Gasteiger charge is 2.15. The topological polar surface area (TPSA) is 49.4 Å². The molecule has 4 rings (SSSR count). The van der Waals surface area contributed by atoms with E-state index in [0.717, 1.165) is 16.7 Å². The summed E-state index contributed by atoms with van der Waals surface area (Å²) in [5.41, 5.74) is 3.76. The van der Waals surface area contributed by atoms with Gasteiger partial charge in [0.15, 0.2) is 0 Å². The maximum atomic E-state index is 13.8. The molecule has 0 unspecified atom stereocenters. The summed E-state index contributed by atoms with van der Waals surface area (Å²) in [5.74, 6) is -1.11. The molecule has 2 amide bonds. The second kappa shape index (κ2) is 12.4. The van der Waals surface area contributed by atoms with Gasteiger partial charge >= 0.3 is 0 Å². The standard InChI is InChI=1S/C31H26F2N2O2/c32-27-14-9-25(10-15-27)21-34-30(36)20-24-11-16-29(17-12-24)35(22-26-7-4-8-28(33)19-26)31(37)18-13-23-5-2-1-3-6-23/h1-19H,20-22H2,(H,34,36). The molecule has 0 aliphatic carbocycles. The van der Waals surface area contributed by atoms with Crippen LogP contribution in [0.2, 0.25) is 0 Å². The molecule has 37 heavy (non-hydrogen) atoms. The molecule has 0 aliphatic heterocycles. The van der Waals surface area contributed by atoms with Gasteiger partial charge in [0.2, 0.25) is 5.91 Å². The number of nitrogens with zero attached hydrogens (tertiary/aromatic N) is 1. The number of carbonyl (C=O) groups is 2. The number of hydrogen-bond acceptors (Lipinski definition) is 2. The first kappa shape index (κ1) is 25.5. The fourth-order valence-electron chi connectivity index (χ4n) is 3.78. The molecule has 0 saturated carbocycles. The first-order valence-electron chi connectivity index (χ1n) is 11.9. The molecule has 4 nitrogen and oxygen atoms in total. The van der Waals surface area contributed by atoms with E-state index in [1.807, 2.05) is 30.3 Å². The molecule has 0 saturated heterocycles. The number of halogens is 2. The molecule has 1 N–H and O–H groups in total. The van der Waals surface area contributed by atoms with Crippen LogP contribution in [0.25, 0.3) is 6.08 Å². The minimum atomic E-state index is -0.369. The van der Waals surface area contributed by atoms with Crippen molar-refractivity contribution in [3.05, 3.63) is 143 Å². The van der Waals surface area contributed by atoms with Crippen molar-refractivity contribution in [2.45, 2.75) is 19.5 Å². The highest BCUT2D eigenvalue weighted by atomic mass is 19.1. The van der Waals surface area contributed by atoms with Crippen molar-refractivity contribution in [3.8, 4) is 0 Å². The third kappa shape index (κ3) is 7.70. The summed E-state index contributed by atoms with van der Waals surface area (Å²) in [7, 11) is 0. The molecule has 0 aromatic heterocycles. The minimum Gasteiger partial charge on any atom is -0.352 e. The summed E-state index contributed by atoms with van der Waals surface area (Å²) >= 11 is 0. The number of hydrogen-bond donors (Lipinski definition) is 1. The summed E-state index contributed by atoms with van der Waals surface area (Å²) in [4.78, 5) is 27.1. The van der Waals surface area contributed by atoms with E-state index in [0.29, 0.717) is 17.8 Å². The van der Waals surface area contributed by atoms with Crippen LogP contribution in [0, 0.1) is 11.6 Å². The van der Waals surface area contributed by atoms with Gasteiger partial charge in [-0.05, 0) is 64.7 Å². The van der Waals surface area contributed by atoms with Crippen LogP contribution in [0.3, 0.4) is 0 Å². The minimum absolute atomic E-state index is 0.160. The van der Waals surface area contributed by atoms with Crippen LogP contribution in [-0.4, -0.2) is 11.8 Å². The van der Waals surface area contributed by atoms with E-state index in [4.69, 9.17) is 0 Å². The maximum absolute atomic E-state index is 13.8.